The summed E-state index contributed by atoms with van der Waals surface area (Å²) in [5.74, 6) is -0.790. The van der Waals surface area contributed by atoms with Crippen LogP contribution in [-0.4, -0.2) is 61.0 Å². The van der Waals surface area contributed by atoms with Crippen molar-refractivity contribution in [1.29, 1.82) is 0 Å². The van der Waals surface area contributed by atoms with E-state index in [0.29, 0.717) is 31.7 Å². The molecule has 29 heavy (non-hydrogen) atoms. The molecule has 3 aliphatic rings. The lowest BCUT2D eigenvalue weighted by atomic mass is 9.90. The fraction of sp³-hybridized carbons (Fsp3) is 0.571. The predicted molar refractivity (Wildman–Crippen MR) is 106 cm³/mol. The Kier molecular flexibility index (Phi) is 5.67. The zero-order valence-corrected chi connectivity index (χ0v) is 16.8. The molecule has 3 heterocycles. The Balaban J connectivity index is 1.51. The van der Waals surface area contributed by atoms with Gasteiger partial charge in [-0.25, -0.2) is 0 Å². The van der Waals surface area contributed by atoms with E-state index in [4.69, 9.17) is 4.74 Å². The SMILES string of the molecule is COCC1(NCc2cccc3c2CN(C2CCC(=O)NC2=O)C3=O)CCCNC1. The second-order valence-corrected chi connectivity index (χ2v) is 8.19. The van der Waals surface area contributed by atoms with Gasteiger partial charge in [0.1, 0.15) is 6.04 Å². The van der Waals surface area contributed by atoms with Gasteiger partial charge in [0, 0.05) is 38.7 Å². The van der Waals surface area contributed by atoms with Gasteiger partial charge in [0.2, 0.25) is 11.8 Å². The van der Waals surface area contributed by atoms with Gasteiger partial charge in [0.25, 0.3) is 5.91 Å². The molecule has 0 bridgehead atoms. The minimum absolute atomic E-state index is 0.123. The number of methoxy groups -OCH3 is 1. The third-order valence-corrected chi connectivity index (χ3v) is 6.23. The molecule has 8 nitrogen and oxygen atoms in total. The highest BCUT2D eigenvalue weighted by Gasteiger charge is 2.40. The highest BCUT2D eigenvalue weighted by Crippen LogP contribution is 2.30. The van der Waals surface area contributed by atoms with Crippen LogP contribution in [0.15, 0.2) is 18.2 Å². The maximum atomic E-state index is 13.0. The molecule has 2 fully saturated rings. The Morgan fingerprint density at radius 1 is 1.31 bits per heavy atom. The van der Waals surface area contributed by atoms with Crippen LogP contribution in [0.3, 0.4) is 0 Å². The molecule has 0 aliphatic carbocycles. The average molecular weight is 400 g/mol. The van der Waals surface area contributed by atoms with Crippen molar-refractivity contribution in [2.24, 2.45) is 0 Å². The molecule has 1 aromatic carbocycles. The molecule has 3 aliphatic heterocycles. The Bertz CT molecular complexity index is 813. The summed E-state index contributed by atoms with van der Waals surface area (Å²) in [4.78, 5) is 38.3. The quantitative estimate of drug-likeness (QED) is 0.594. The summed E-state index contributed by atoms with van der Waals surface area (Å²) in [6.45, 7) is 3.51. The van der Waals surface area contributed by atoms with Crippen molar-refractivity contribution in [1.82, 2.24) is 20.9 Å². The number of carbonyl (C=O) groups excluding carboxylic acids is 3. The fourth-order valence-corrected chi connectivity index (χ4v) is 4.67. The van der Waals surface area contributed by atoms with E-state index in [1.54, 1.807) is 12.0 Å². The van der Waals surface area contributed by atoms with E-state index in [1.165, 1.54) is 0 Å². The largest absolute Gasteiger partial charge is 0.383 e. The number of piperidine rings is 2. The maximum absolute atomic E-state index is 13.0. The molecule has 3 amide bonds. The van der Waals surface area contributed by atoms with Crippen LogP contribution in [0.1, 0.15) is 47.2 Å². The molecule has 1 aromatic rings. The standard InChI is InChI=1S/C21H28N4O4/c1-29-13-21(8-3-9-22-12-21)23-10-14-4-2-5-15-16(14)11-25(20(15)28)17-6-7-18(26)24-19(17)27/h2,4-5,17,22-23H,3,6-13H2,1H3,(H,24,26,27). The summed E-state index contributed by atoms with van der Waals surface area (Å²) >= 11 is 0. The monoisotopic (exact) mass is 400 g/mol. The van der Waals surface area contributed by atoms with E-state index in [0.717, 1.165) is 37.1 Å². The van der Waals surface area contributed by atoms with Crippen molar-refractivity contribution >= 4 is 17.7 Å². The molecule has 3 N–H and O–H groups in total. The topological polar surface area (TPSA) is 99.8 Å². The maximum Gasteiger partial charge on any atom is 0.255 e. The second-order valence-electron chi connectivity index (χ2n) is 8.19. The summed E-state index contributed by atoms with van der Waals surface area (Å²) in [5.41, 5.74) is 2.55. The Morgan fingerprint density at radius 3 is 2.90 bits per heavy atom. The summed E-state index contributed by atoms with van der Waals surface area (Å²) in [7, 11) is 1.72. The lowest BCUT2D eigenvalue weighted by molar-refractivity contribution is -0.136. The van der Waals surface area contributed by atoms with Crippen LogP contribution in [0, 0.1) is 0 Å². The molecule has 0 radical (unpaired) electrons. The molecule has 2 atom stereocenters. The van der Waals surface area contributed by atoms with Crippen LogP contribution < -0.4 is 16.0 Å². The van der Waals surface area contributed by atoms with Crippen molar-refractivity contribution in [2.75, 3.05) is 26.8 Å². The normalized spacial score (nSPS) is 27.1. The molecule has 156 valence electrons. The van der Waals surface area contributed by atoms with Crippen molar-refractivity contribution in [3.63, 3.8) is 0 Å². The van der Waals surface area contributed by atoms with Gasteiger partial charge in [-0.2, -0.15) is 0 Å². The van der Waals surface area contributed by atoms with Crippen LogP contribution in [0.2, 0.25) is 0 Å². The van der Waals surface area contributed by atoms with Gasteiger partial charge >= 0.3 is 0 Å². The van der Waals surface area contributed by atoms with E-state index >= 15 is 0 Å². The summed E-state index contributed by atoms with van der Waals surface area (Å²) in [6.07, 6.45) is 2.76. The van der Waals surface area contributed by atoms with Crippen LogP contribution >= 0.6 is 0 Å². The minimum atomic E-state index is -0.587. The van der Waals surface area contributed by atoms with E-state index in [9.17, 15) is 14.4 Å². The zero-order valence-electron chi connectivity index (χ0n) is 16.8. The summed E-state index contributed by atoms with van der Waals surface area (Å²) in [6, 6.07) is 5.16. The van der Waals surface area contributed by atoms with Crippen LogP contribution in [0.25, 0.3) is 0 Å². The number of imide groups is 1. The van der Waals surface area contributed by atoms with E-state index in [2.05, 4.69) is 16.0 Å². The molecule has 0 saturated carbocycles. The highest BCUT2D eigenvalue weighted by atomic mass is 16.5. The summed E-state index contributed by atoms with van der Waals surface area (Å²) in [5, 5.41) is 9.45. The molecule has 0 spiro atoms. The molecular formula is C21H28N4O4. The van der Waals surface area contributed by atoms with E-state index in [-0.39, 0.29) is 29.7 Å². The first-order valence-corrected chi connectivity index (χ1v) is 10.2. The number of fused-ring (bicyclic) bond motifs is 1. The molecule has 0 aromatic heterocycles. The number of nitrogens with zero attached hydrogens (tertiary/aromatic N) is 1. The van der Waals surface area contributed by atoms with Crippen LogP contribution in [0.5, 0.6) is 0 Å². The number of hydrogen-bond acceptors (Lipinski definition) is 6. The van der Waals surface area contributed by atoms with Gasteiger partial charge in [0.05, 0.1) is 12.1 Å². The lowest BCUT2D eigenvalue weighted by Gasteiger charge is -2.38. The van der Waals surface area contributed by atoms with E-state index in [1.807, 2.05) is 18.2 Å². The lowest BCUT2D eigenvalue weighted by Crippen LogP contribution is -2.58. The third kappa shape index (κ3) is 3.92. The van der Waals surface area contributed by atoms with Gasteiger partial charge in [-0.3, -0.25) is 19.7 Å². The van der Waals surface area contributed by atoms with Crippen LogP contribution in [0.4, 0.5) is 0 Å². The number of amides is 3. The van der Waals surface area contributed by atoms with Crippen molar-refractivity contribution < 1.29 is 19.1 Å². The molecular weight excluding hydrogens is 372 g/mol. The number of nitrogens with one attached hydrogen (secondary N) is 3. The molecule has 2 unspecified atom stereocenters. The third-order valence-electron chi connectivity index (χ3n) is 6.23. The number of ether oxygens (including phenoxy) is 1. The number of hydrogen-bond donors (Lipinski definition) is 3. The first-order valence-electron chi connectivity index (χ1n) is 10.2. The van der Waals surface area contributed by atoms with Gasteiger partial charge in [-0.1, -0.05) is 12.1 Å². The molecule has 4 rings (SSSR count). The minimum Gasteiger partial charge on any atom is -0.383 e. The number of carbonyl (C=O) groups is 3. The summed E-state index contributed by atoms with van der Waals surface area (Å²) < 4.78 is 5.46. The Labute approximate surface area is 170 Å². The molecule has 8 heteroatoms. The van der Waals surface area contributed by atoms with Crippen molar-refractivity contribution in [2.45, 2.75) is 50.4 Å². The highest BCUT2D eigenvalue weighted by molar-refractivity contribution is 6.05. The van der Waals surface area contributed by atoms with Gasteiger partial charge in [-0.15, -0.1) is 0 Å². The van der Waals surface area contributed by atoms with Gasteiger partial charge in [-0.05, 0) is 43.0 Å². The Morgan fingerprint density at radius 2 is 2.17 bits per heavy atom. The van der Waals surface area contributed by atoms with Crippen molar-refractivity contribution in [3.05, 3.63) is 34.9 Å². The Hall–Kier alpha value is -2.29. The van der Waals surface area contributed by atoms with Crippen LogP contribution in [-0.2, 0) is 27.4 Å². The smallest absolute Gasteiger partial charge is 0.255 e. The fourth-order valence-electron chi connectivity index (χ4n) is 4.67. The predicted octanol–water partition coefficient (Wildman–Crippen LogP) is 0.306. The first-order chi connectivity index (χ1) is 14.0. The van der Waals surface area contributed by atoms with E-state index < -0.39 is 6.04 Å². The first kappa shape index (κ1) is 20.0. The zero-order chi connectivity index (χ0) is 20.4. The second kappa shape index (κ2) is 8.22. The average Bonchev–Trinajstić information content (AvgIpc) is 3.05. The number of rotatable bonds is 6. The molecule has 2 saturated heterocycles. The van der Waals surface area contributed by atoms with Crippen molar-refractivity contribution in [3.8, 4) is 0 Å². The number of benzene rings is 1. The van der Waals surface area contributed by atoms with Gasteiger partial charge in [0.15, 0.2) is 0 Å². The van der Waals surface area contributed by atoms with Gasteiger partial charge < -0.3 is 20.3 Å².